The van der Waals surface area contributed by atoms with E-state index in [0.29, 0.717) is 17.8 Å². The third kappa shape index (κ3) is 9.41. The van der Waals surface area contributed by atoms with Crippen LogP contribution in [0.15, 0.2) is 67.2 Å². The van der Waals surface area contributed by atoms with E-state index >= 15 is 0 Å². The van der Waals surface area contributed by atoms with Crippen LogP contribution in [0.3, 0.4) is 0 Å². The summed E-state index contributed by atoms with van der Waals surface area (Å²) in [5.74, 6) is -2.24. The van der Waals surface area contributed by atoms with Gasteiger partial charge in [-0.2, -0.15) is 10.4 Å². The maximum Gasteiger partial charge on any atom is 0.264 e. The van der Waals surface area contributed by atoms with Crippen molar-refractivity contribution in [1.82, 2.24) is 40.3 Å². The van der Waals surface area contributed by atoms with Crippen LogP contribution in [-0.4, -0.2) is 104 Å². The van der Waals surface area contributed by atoms with Gasteiger partial charge in [0.15, 0.2) is 5.01 Å². The third-order valence-corrected chi connectivity index (χ3v) is 12.1. The van der Waals surface area contributed by atoms with Crippen LogP contribution in [0.25, 0.3) is 27.5 Å². The van der Waals surface area contributed by atoms with Crippen LogP contribution < -0.4 is 21.3 Å². The fraction of sp³-hybridized carbons (Fsp3) is 0.364. The Hall–Kier alpha value is -7.04. The van der Waals surface area contributed by atoms with E-state index in [1.165, 1.54) is 18.4 Å². The molecule has 0 bridgehead atoms. The summed E-state index contributed by atoms with van der Waals surface area (Å²) in [5.41, 5.74) is 5.42. The Kier molecular flexibility index (Phi) is 12.8. The van der Waals surface area contributed by atoms with Crippen LogP contribution in [0.1, 0.15) is 89.6 Å². The molecule has 6 heterocycles. The fourth-order valence-corrected chi connectivity index (χ4v) is 9.04. The number of nitrogens with zero attached hydrogens (tertiary/aromatic N) is 7. The van der Waals surface area contributed by atoms with Gasteiger partial charge in [-0.25, -0.2) is 4.52 Å². The van der Waals surface area contributed by atoms with Gasteiger partial charge in [-0.1, -0.05) is 17.4 Å². The van der Waals surface area contributed by atoms with Crippen molar-refractivity contribution in [2.75, 3.05) is 37.0 Å². The first kappa shape index (κ1) is 42.6. The smallest absolute Gasteiger partial charge is 0.264 e. The fourth-order valence-electron chi connectivity index (χ4n) is 8.00. The summed E-state index contributed by atoms with van der Waals surface area (Å²) < 4.78 is 12.9. The zero-order valence-electron chi connectivity index (χ0n) is 34.6. The number of hydrogen-bond donors (Lipinski definition) is 4. The molecule has 4 aromatic heterocycles. The highest BCUT2D eigenvalue weighted by Gasteiger charge is 2.45. The standard InChI is InChI=1S/C44H45N11O7S/c1-25(2)49-33-21-34(35-11-10-29-20-26(22-45)23-48-55(29)35)47-24-31(33)42-53-52-41(63-42)27-6-8-28(9-7-27)50-38(57)14-16-61-18-19-62-17-15-46-32-5-3-4-30-39(32)44(60)54(43(30)59)36-12-13-37(56)51-40(36)58/h3-5,10-11,14,16,20-21,23-25,27-28,36,46H,6-9,12-13,15,17-19H2,1-2H3,(H,47,49)(H,50,57)(H,51,56,58). The molecule has 2 fully saturated rings. The number of carbonyl (C=O) groups excluding carboxylic acids is 5. The van der Waals surface area contributed by atoms with Gasteiger partial charge in [0.25, 0.3) is 11.8 Å². The molecule has 1 saturated carbocycles. The van der Waals surface area contributed by atoms with Crippen LogP contribution in [0.4, 0.5) is 11.4 Å². The Morgan fingerprint density at radius 2 is 1.83 bits per heavy atom. The highest BCUT2D eigenvalue weighted by Crippen LogP contribution is 2.39. The number of hydrogen-bond acceptors (Lipinski definition) is 15. The highest BCUT2D eigenvalue weighted by atomic mass is 32.1. The second-order valence-corrected chi connectivity index (χ2v) is 16.7. The van der Waals surface area contributed by atoms with E-state index < -0.39 is 29.7 Å². The van der Waals surface area contributed by atoms with Crippen LogP contribution >= 0.6 is 11.3 Å². The predicted molar refractivity (Wildman–Crippen MR) is 231 cm³/mol. The van der Waals surface area contributed by atoms with Crippen molar-refractivity contribution >= 4 is 57.8 Å². The van der Waals surface area contributed by atoms with Gasteiger partial charge in [0.2, 0.25) is 17.7 Å². The number of nitrogens with one attached hydrogen (secondary N) is 4. The normalized spacial score (nSPS) is 18.8. The van der Waals surface area contributed by atoms with Crippen LogP contribution in [0, 0.1) is 11.3 Å². The first-order valence-corrected chi connectivity index (χ1v) is 21.6. The number of amides is 5. The summed E-state index contributed by atoms with van der Waals surface area (Å²) in [6, 6.07) is 13.8. The van der Waals surface area contributed by atoms with Crippen molar-refractivity contribution in [2.24, 2.45) is 0 Å². The molecule has 324 valence electrons. The summed E-state index contributed by atoms with van der Waals surface area (Å²) in [7, 11) is 0. The molecule has 0 radical (unpaired) electrons. The molecule has 1 atom stereocenters. The van der Waals surface area contributed by atoms with E-state index in [9.17, 15) is 29.2 Å². The minimum atomic E-state index is -1.04. The van der Waals surface area contributed by atoms with E-state index in [2.05, 4.69) is 56.5 Å². The maximum atomic E-state index is 13.3. The number of pyridine rings is 1. The molecule has 1 unspecified atom stereocenters. The Bertz CT molecular complexity index is 2640. The maximum absolute atomic E-state index is 13.3. The summed E-state index contributed by atoms with van der Waals surface area (Å²) in [4.78, 5) is 68.6. The molecule has 2 aliphatic heterocycles. The molecule has 18 nitrogen and oxygen atoms in total. The molecule has 4 N–H and O–H groups in total. The molecular formula is C44H45N11O7S. The number of ether oxygens (including phenoxy) is 2. The number of rotatable bonds is 16. The number of nitriles is 1. The predicted octanol–water partition coefficient (Wildman–Crippen LogP) is 4.81. The number of anilines is 2. The molecular weight excluding hydrogens is 827 g/mol. The average molecular weight is 872 g/mol. The minimum absolute atomic E-state index is 0.0334. The van der Waals surface area contributed by atoms with Gasteiger partial charge in [-0.05, 0) is 82.3 Å². The number of aromatic nitrogens is 5. The van der Waals surface area contributed by atoms with Gasteiger partial charge in [0.05, 0.1) is 64.8 Å². The minimum Gasteiger partial charge on any atom is -0.499 e. The van der Waals surface area contributed by atoms with E-state index in [1.54, 1.807) is 40.2 Å². The summed E-state index contributed by atoms with van der Waals surface area (Å²) in [6.45, 7) is 5.23. The number of carbonyl (C=O) groups is 5. The second kappa shape index (κ2) is 18.9. The largest absolute Gasteiger partial charge is 0.499 e. The zero-order chi connectivity index (χ0) is 44.0. The quantitative estimate of drug-likeness (QED) is 0.0451. The van der Waals surface area contributed by atoms with Gasteiger partial charge >= 0.3 is 0 Å². The number of benzene rings is 1. The molecule has 63 heavy (non-hydrogen) atoms. The highest BCUT2D eigenvalue weighted by molar-refractivity contribution is 7.14. The Morgan fingerprint density at radius 1 is 0.984 bits per heavy atom. The first-order chi connectivity index (χ1) is 30.6. The molecule has 3 aliphatic rings. The van der Waals surface area contributed by atoms with Crippen LogP contribution in [0.5, 0.6) is 0 Å². The number of fused-ring (bicyclic) bond motifs is 2. The second-order valence-electron chi connectivity index (χ2n) is 15.7. The summed E-state index contributed by atoms with van der Waals surface area (Å²) >= 11 is 1.57. The zero-order valence-corrected chi connectivity index (χ0v) is 35.4. The van der Waals surface area contributed by atoms with Crippen molar-refractivity contribution in [3.8, 4) is 28.0 Å². The molecule has 1 saturated heterocycles. The molecule has 0 spiro atoms. The van der Waals surface area contributed by atoms with E-state index in [0.717, 1.165) is 68.8 Å². The first-order valence-electron chi connectivity index (χ1n) is 20.8. The van der Waals surface area contributed by atoms with Crippen molar-refractivity contribution in [2.45, 2.75) is 76.4 Å². The Morgan fingerprint density at radius 3 is 2.62 bits per heavy atom. The van der Waals surface area contributed by atoms with Gasteiger partial charge < -0.3 is 25.4 Å². The van der Waals surface area contributed by atoms with Crippen molar-refractivity contribution in [3.05, 3.63) is 88.9 Å². The number of imide groups is 2. The van der Waals surface area contributed by atoms with Crippen LogP contribution in [0.2, 0.25) is 0 Å². The number of piperidine rings is 1. The lowest BCUT2D eigenvalue weighted by atomic mass is 9.86. The molecule has 1 aliphatic carbocycles. The molecule has 1 aromatic carbocycles. The van der Waals surface area contributed by atoms with Crippen LogP contribution in [-0.2, 0) is 23.9 Å². The van der Waals surface area contributed by atoms with Crippen molar-refractivity contribution in [1.29, 1.82) is 5.26 Å². The van der Waals surface area contributed by atoms with Gasteiger partial charge in [-0.15, -0.1) is 10.2 Å². The SMILES string of the molecule is CC(C)Nc1cc(-c2ccc3cc(C#N)cnn23)ncc1-c1nnc(C2CCC(NC(=O)C=COCCOCCNc3cccc4c3C(=O)N(C3CCC(=O)NC3=O)C4=O)CC2)s1. The van der Waals surface area contributed by atoms with E-state index in [-0.39, 0.29) is 67.7 Å². The lowest BCUT2D eigenvalue weighted by molar-refractivity contribution is -0.136. The van der Waals surface area contributed by atoms with Gasteiger partial charge in [-0.3, -0.25) is 39.2 Å². The molecule has 8 rings (SSSR count). The Balaban J connectivity index is 0.749. The molecule has 5 aromatic rings. The molecule has 19 heteroatoms. The monoisotopic (exact) mass is 871 g/mol. The lowest BCUT2D eigenvalue weighted by Gasteiger charge is -2.27. The Labute approximate surface area is 366 Å². The van der Waals surface area contributed by atoms with Crippen molar-refractivity contribution < 1.29 is 33.4 Å². The molecule has 5 amide bonds. The van der Waals surface area contributed by atoms with E-state index in [1.807, 2.05) is 24.4 Å². The third-order valence-electron chi connectivity index (χ3n) is 11.0. The summed E-state index contributed by atoms with van der Waals surface area (Å²) in [6.07, 6.45) is 9.55. The topological polar surface area (TPSA) is 235 Å². The van der Waals surface area contributed by atoms with E-state index in [4.69, 9.17) is 14.5 Å². The lowest BCUT2D eigenvalue weighted by Crippen LogP contribution is -2.54. The summed E-state index contributed by atoms with van der Waals surface area (Å²) in [5, 5.41) is 36.5. The van der Waals surface area contributed by atoms with Gasteiger partial charge in [0.1, 0.15) is 23.7 Å². The average Bonchev–Trinajstić information content (AvgIpc) is 4.00. The van der Waals surface area contributed by atoms with Gasteiger partial charge in [0, 0.05) is 54.6 Å². The van der Waals surface area contributed by atoms with Crippen molar-refractivity contribution in [3.63, 3.8) is 0 Å².